The van der Waals surface area contributed by atoms with Gasteiger partial charge in [-0.2, -0.15) is 0 Å². The van der Waals surface area contributed by atoms with Crippen LogP contribution in [0, 0.1) is 10.1 Å². The highest BCUT2D eigenvalue weighted by atomic mass is 16.6. The highest BCUT2D eigenvalue weighted by Crippen LogP contribution is 2.22. The Hall–Kier alpha value is -3.16. The molecule has 1 aromatic heterocycles. The van der Waals surface area contributed by atoms with Crippen LogP contribution in [0.4, 0.5) is 11.5 Å². The van der Waals surface area contributed by atoms with Crippen molar-refractivity contribution in [3.63, 3.8) is 0 Å². The molecular weight excluding hydrogens is 312 g/mol. The van der Waals surface area contributed by atoms with Crippen molar-refractivity contribution in [3.8, 4) is 5.75 Å². The molecule has 0 radical (unpaired) electrons. The second-order valence-electron chi connectivity index (χ2n) is 5.21. The summed E-state index contributed by atoms with van der Waals surface area (Å²) in [6.07, 6.45) is 1.29. The highest BCUT2D eigenvalue weighted by Gasteiger charge is 2.16. The van der Waals surface area contributed by atoms with Gasteiger partial charge in [0.1, 0.15) is 6.20 Å². The lowest BCUT2D eigenvalue weighted by molar-refractivity contribution is -0.390. The van der Waals surface area contributed by atoms with E-state index in [4.69, 9.17) is 4.74 Å². The van der Waals surface area contributed by atoms with Crippen LogP contribution in [0.15, 0.2) is 42.6 Å². The number of benzene rings is 1. The van der Waals surface area contributed by atoms with Crippen LogP contribution >= 0.6 is 0 Å². The standard InChI is InChI=1S/C16H18N4O4/c1-19(2)13-7-5-12(6-8-13)10-18-15(21)11-24-14-4-3-9-17-16(14)20(22)23/h3-9H,10-11H2,1-2H3,(H,18,21). The topological polar surface area (TPSA) is 97.6 Å². The molecule has 1 N–H and O–H groups in total. The van der Waals surface area contributed by atoms with Gasteiger partial charge in [-0.1, -0.05) is 12.1 Å². The van der Waals surface area contributed by atoms with Crippen LogP contribution in [-0.2, 0) is 11.3 Å². The summed E-state index contributed by atoms with van der Waals surface area (Å²) >= 11 is 0. The molecule has 126 valence electrons. The molecular formula is C16H18N4O4. The molecule has 2 aromatic rings. The largest absolute Gasteiger partial charge is 0.476 e. The van der Waals surface area contributed by atoms with Gasteiger partial charge in [0.2, 0.25) is 5.75 Å². The maximum absolute atomic E-state index is 11.8. The second kappa shape index (κ2) is 7.91. The first-order chi connectivity index (χ1) is 11.5. The number of carbonyl (C=O) groups is 1. The minimum absolute atomic E-state index is 0.0343. The maximum Gasteiger partial charge on any atom is 0.406 e. The summed E-state index contributed by atoms with van der Waals surface area (Å²) < 4.78 is 5.18. The molecule has 0 aliphatic heterocycles. The average molecular weight is 330 g/mol. The molecule has 2 rings (SSSR count). The van der Waals surface area contributed by atoms with E-state index in [-0.39, 0.29) is 18.3 Å². The molecule has 0 fully saturated rings. The normalized spacial score (nSPS) is 10.1. The minimum Gasteiger partial charge on any atom is -0.476 e. The zero-order valence-corrected chi connectivity index (χ0v) is 13.4. The molecule has 0 aliphatic rings. The van der Waals surface area contributed by atoms with Crippen molar-refractivity contribution in [3.05, 3.63) is 58.3 Å². The van der Waals surface area contributed by atoms with Crippen molar-refractivity contribution in [2.24, 2.45) is 0 Å². The molecule has 24 heavy (non-hydrogen) atoms. The number of hydrogen-bond acceptors (Lipinski definition) is 6. The number of rotatable bonds is 7. The number of amides is 1. The molecule has 0 saturated carbocycles. The minimum atomic E-state index is -0.653. The number of carbonyl (C=O) groups excluding carboxylic acids is 1. The molecule has 0 saturated heterocycles. The van der Waals surface area contributed by atoms with Gasteiger partial charge in [0.15, 0.2) is 6.61 Å². The van der Waals surface area contributed by atoms with Crippen molar-refractivity contribution in [1.29, 1.82) is 0 Å². The molecule has 0 bridgehead atoms. The number of ether oxygens (including phenoxy) is 1. The molecule has 8 nitrogen and oxygen atoms in total. The number of pyridine rings is 1. The van der Waals surface area contributed by atoms with Crippen molar-refractivity contribution in [2.45, 2.75) is 6.54 Å². The van der Waals surface area contributed by atoms with Crippen LogP contribution in [0.1, 0.15) is 5.56 Å². The van der Waals surface area contributed by atoms with Gasteiger partial charge in [0, 0.05) is 26.3 Å². The molecule has 0 aliphatic carbocycles. The summed E-state index contributed by atoms with van der Waals surface area (Å²) in [7, 11) is 3.90. The average Bonchev–Trinajstić information content (AvgIpc) is 2.58. The fraction of sp³-hybridized carbons (Fsp3) is 0.250. The lowest BCUT2D eigenvalue weighted by Gasteiger charge is -2.13. The van der Waals surface area contributed by atoms with Gasteiger partial charge < -0.3 is 25.1 Å². The summed E-state index contributed by atoms with van der Waals surface area (Å²) in [5, 5.41) is 13.5. The molecule has 0 unspecified atom stereocenters. The van der Waals surface area contributed by atoms with Crippen LogP contribution in [0.25, 0.3) is 0 Å². The molecule has 1 amide bonds. The van der Waals surface area contributed by atoms with Crippen LogP contribution in [0.2, 0.25) is 0 Å². The third-order valence-corrected chi connectivity index (χ3v) is 3.22. The van der Waals surface area contributed by atoms with E-state index in [0.717, 1.165) is 11.3 Å². The third kappa shape index (κ3) is 4.67. The van der Waals surface area contributed by atoms with Gasteiger partial charge in [0.05, 0.1) is 0 Å². The first kappa shape index (κ1) is 17.2. The summed E-state index contributed by atoms with van der Waals surface area (Å²) in [4.78, 5) is 27.6. The molecule has 0 atom stereocenters. The van der Waals surface area contributed by atoms with Gasteiger partial charge in [0.25, 0.3) is 5.91 Å². The Labute approximate surface area is 139 Å². The van der Waals surface area contributed by atoms with Gasteiger partial charge in [-0.25, -0.2) is 0 Å². The van der Waals surface area contributed by atoms with Crippen molar-refractivity contribution in [2.75, 3.05) is 25.6 Å². The fourth-order valence-corrected chi connectivity index (χ4v) is 1.94. The highest BCUT2D eigenvalue weighted by molar-refractivity contribution is 5.77. The molecule has 1 heterocycles. The van der Waals surface area contributed by atoms with E-state index in [2.05, 4.69) is 10.3 Å². The number of aromatic nitrogens is 1. The Kier molecular flexibility index (Phi) is 5.67. The van der Waals surface area contributed by atoms with Gasteiger partial charge in [-0.05, 0) is 39.7 Å². The number of anilines is 1. The lowest BCUT2D eigenvalue weighted by Crippen LogP contribution is -2.28. The number of hydrogen-bond donors (Lipinski definition) is 1. The van der Waals surface area contributed by atoms with Gasteiger partial charge >= 0.3 is 5.82 Å². The molecule has 1 aromatic carbocycles. The quantitative estimate of drug-likeness (QED) is 0.613. The molecule has 8 heteroatoms. The van der Waals surface area contributed by atoms with Crippen LogP contribution in [0.5, 0.6) is 5.75 Å². The Morgan fingerprint density at radius 2 is 2.00 bits per heavy atom. The zero-order chi connectivity index (χ0) is 17.5. The number of nitrogens with one attached hydrogen (secondary N) is 1. The Bertz CT molecular complexity index is 716. The summed E-state index contributed by atoms with van der Waals surface area (Å²) in [5.41, 5.74) is 2.01. The van der Waals surface area contributed by atoms with Gasteiger partial charge in [-0.15, -0.1) is 0 Å². The summed E-state index contributed by atoms with van der Waals surface area (Å²) in [6.45, 7) is 0.0351. The van der Waals surface area contributed by atoms with E-state index in [1.165, 1.54) is 18.3 Å². The van der Waals surface area contributed by atoms with Gasteiger partial charge in [-0.3, -0.25) is 4.79 Å². The van der Waals surface area contributed by atoms with E-state index >= 15 is 0 Å². The number of nitrogens with zero attached hydrogens (tertiary/aromatic N) is 3. The fourth-order valence-electron chi connectivity index (χ4n) is 1.94. The van der Waals surface area contributed by atoms with E-state index in [9.17, 15) is 14.9 Å². The van der Waals surface area contributed by atoms with Crippen LogP contribution in [-0.4, -0.2) is 36.5 Å². The van der Waals surface area contributed by atoms with E-state index in [1.807, 2.05) is 43.3 Å². The first-order valence-corrected chi connectivity index (χ1v) is 7.22. The van der Waals surface area contributed by atoms with Crippen molar-refractivity contribution < 1.29 is 14.5 Å². The maximum atomic E-state index is 11.8. The predicted octanol–water partition coefficient (Wildman–Crippen LogP) is 1.75. The van der Waals surface area contributed by atoms with E-state index in [1.54, 1.807) is 0 Å². The Balaban J connectivity index is 1.85. The first-order valence-electron chi connectivity index (χ1n) is 7.22. The monoisotopic (exact) mass is 330 g/mol. The SMILES string of the molecule is CN(C)c1ccc(CNC(=O)COc2cccnc2[N+](=O)[O-])cc1. The lowest BCUT2D eigenvalue weighted by atomic mass is 10.2. The van der Waals surface area contributed by atoms with Crippen LogP contribution < -0.4 is 15.0 Å². The molecule has 0 spiro atoms. The Morgan fingerprint density at radius 3 is 2.62 bits per heavy atom. The summed E-state index contributed by atoms with van der Waals surface area (Å²) in [5.74, 6) is -0.817. The van der Waals surface area contributed by atoms with E-state index < -0.39 is 10.7 Å². The third-order valence-electron chi connectivity index (χ3n) is 3.22. The number of nitro groups is 1. The Morgan fingerprint density at radius 1 is 1.29 bits per heavy atom. The van der Waals surface area contributed by atoms with Crippen molar-refractivity contribution >= 4 is 17.4 Å². The predicted molar refractivity (Wildman–Crippen MR) is 89.0 cm³/mol. The van der Waals surface area contributed by atoms with Crippen LogP contribution in [0.3, 0.4) is 0 Å². The smallest absolute Gasteiger partial charge is 0.406 e. The second-order valence-corrected chi connectivity index (χ2v) is 5.21. The van der Waals surface area contributed by atoms with E-state index in [0.29, 0.717) is 6.54 Å². The zero-order valence-electron chi connectivity index (χ0n) is 13.4. The summed E-state index contributed by atoms with van der Waals surface area (Å²) in [6, 6.07) is 10.7. The van der Waals surface area contributed by atoms with Crippen molar-refractivity contribution in [1.82, 2.24) is 10.3 Å².